The minimum Gasteiger partial charge on any atom is -0.493 e. The number of nitrogens with zero attached hydrogens (tertiary/aromatic N) is 1. The summed E-state index contributed by atoms with van der Waals surface area (Å²) < 4.78 is 11.6. The van der Waals surface area contributed by atoms with Crippen LogP contribution >= 0.6 is 15.9 Å². The zero-order valence-electron chi connectivity index (χ0n) is 18.6. The minimum atomic E-state index is -0.382. The highest BCUT2D eigenvalue weighted by Gasteiger charge is 2.20. The summed E-state index contributed by atoms with van der Waals surface area (Å²) in [6, 6.07) is 12.9. The van der Waals surface area contributed by atoms with Gasteiger partial charge in [0.1, 0.15) is 11.6 Å². The number of hydrogen-bond donors (Lipinski definition) is 2. The van der Waals surface area contributed by atoms with Gasteiger partial charge < -0.3 is 20.1 Å². The smallest absolute Gasteiger partial charge is 0.262 e. The summed E-state index contributed by atoms with van der Waals surface area (Å²) in [7, 11) is 1.48. The summed E-state index contributed by atoms with van der Waals surface area (Å²) in [5.41, 5.74) is 2.39. The van der Waals surface area contributed by atoms with Crippen molar-refractivity contribution in [3.63, 3.8) is 0 Å². The van der Waals surface area contributed by atoms with Gasteiger partial charge in [0.25, 0.3) is 11.8 Å². The quantitative estimate of drug-likeness (QED) is 0.393. The summed E-state index contributed by atoms with van der Waals surface area (Å²) in [4.78, 5) is 24.7. The third kappa shape index (κ3) is 6.83. The third-order valence-electron chi connectivity index (χ3n) is 5.30. The van der Waals surface area contributed by atoms with E-state index in [9.17, 15) is 14.9 Å². The van der Waals surface area contributed by atoms with Gasteiger partial charge in [0.15, 0.2) is 18.1 Å². The number of methoxy groups -OCH3 is 1. The molecule has 3 rings (SSSR count). The van der Waals surface area contributed by atoms with Gasteiger partial charge in [0.2, 0.25) is 0 Å². The summed E-state index contributed by atoms with van der Waals surface area (Å²) in [6.07, 6.45) is 5.56. The maximum absolute atomic E-state index is 12.5. The fraction of sp³-hybridized carbons (Fsp3) is 0.320. The Labute approximate surface area is 201 Å². The van der Waals surface area contributed by atoms with Gasteiger partial charge in [-0.25, -0.2) is 0 Å². The summed E-state index contributed by atoms with van der Waals surface area (Å²) in [6.45, 7) is 1.75. The first kappa shape index (κ1) is 24.3. The molecule has 2 amide bonds. The molecule has 1 aliphatic carbocycles. The number of nitriles is 1. The van der Waals surface area contributed by atoms with Crippen LogP contribution in [0.25, 0.3) is 6.08 Å². The first-order chi connectivity index (χ1) is 15.9. The molecule has 0 unspecified atom stereocenters. The number of carbonyl (C=O) groups is 2. The highest BCUT2D eigenvalue weighted by atomic mass is 79.9. The van der Waals surface area contributed by atoms with Crippen LogP contribution in [-0.4, -0.2) is 31.6 Å². The number of anilines is 1. The molecular weight excluding hydrogens is 486 g/mol. The zero-order chi connectivity index (χ0) is 23.8. The number of amides is 2. The lowest BCUT2D eigenvalue weighted by atomic mass is 10.1. The van der Waals surface area contributed by atoms with Crippen molar-refractivity contribution in [2.75, 3.05) is 19.0 Å². The molecule has 1 aliphatic rings. The molecular formula is C25H26BrN3O4. The molecule has 33 heavy (non-hydrogen) atoms. The highest BCUT2D eigenvalue weighted by molar-refractivity contribution is 9.10. The van der Waals surface area contributed by atoms with E-state index < -0.39 is 0 Å². The first-order valence-electron chi connectivity index (χ1n) is 10.7. The second-order valence-electron chi connectivity index (χ2n) is 7.86. The Bertz CT molecular complexity index is 1080. The number of carbonyl (C=O) groups excluding carboxylic acids is 2. The van der Waals surface area contributed by atoms with Crippen LogP contribution in [0.4, 0.5) is 5.69 Å². The number of rotatable bonds is 8. The predicted octanol–water partition coefficient (Wildman–Crippen LogP) is 4.75. The highest BCUT2D eigenvalue weighted by Crippen LogP contribution is 2.37. The van der Waals surface area contributed by atoms with Crippen molar-refractivity contribution in [1.29, 1.82) is 5.26 Å². The SMILES string of the molecule is COc1cc(/C=C(/C#N)C(=O)NC2CCCC2)cc(Br)c1OCC(=O)Nc1ccc(C)cc1. The van der Waals surface area contributed by atoms with Crippen LogP contribution in [0.5, 0.6) is 11.5 Å². The monoisotopic (exact) mass is 511 g/mol. The van der Waals surface area contributed by atoms with Gasteiger partial charge in [0.05, 0.1) is 11.6 Å². The van der Waals surface area contributed by atoms with E-state index in [0.717, 1.165) is 31.2 Å². The van der Waals surface area contributed by atoms with Gasteiger partial charge in [0, 0.05) is 11.7 Å². The number of hydrogen-bond acceptors (Lipinski definition) is 5. The lowest BCUT2D eigenvalue weighted by Crippen LogP contribution is -2.33. The normalized spacial score (nSPS) is 13.8. The average molecular weight is 512 g/mol. The van der Waals surface area contributed by atoms with E-state index in [1.54, 1.807) is 12.1 Å². The van der Waals surface area contributed by atoms with Crippen LogP contribution in [0.3, 0.4) is 0 Å². The van der Waals surface area contributed by atoms with Crippen LogP contribution in [-0.2, 0) is 9.59 Å². The van der Waals surface area contributed by atoms with Gasteiger partial charge in [-0.05, 0) is 71.6 Å². The molecule has 0 heterocycles. The lowest BCUT2D eigenvalue weighted by Gasteiger charge is -2.14. The number of aryl methyl sites for hydroxylation is 1. The van der Waals surface area contributed by atoms with Crippen LogP contribution in [0.15, 0.2) is 46.4 Å². The Balaban J connectivity index is 1.69. The molecule has 2 aromatic carbocycles. The number of ether oxygens (including phenoxy) is 2. The van der Waals surface area contributed by atoms with E-state index in [-0.39, 0.29) is 30.0 Å². The Kier molecular flexibility index (Phi) is 8.50. The molecule has 7 nitrogen and oxygen atoms in total. The van der Waals surface area contributed by atoms with Gasteiger partial charge in [-0.2, -0.15) is 5.26 Å². The lowest BCUT2D eigenvalue weighted by molar-refractivity contribution is -0.118. The van der Waals surface area contributed by atoms with Crippen molar-refractivity contribution in [2.45, 2.75) is 38.6 Å². The van der Waals surface area contributed by atoms with Gasteiger partial charge in [-0.3, -0.25) is 9.59 Å². The molecule has 8 heteroatoms. The molecule has 2 aromatic rings. The van der Waals surface area contributed by atoms with Gasteiger partial charge in [-0.15, -0.1) is 0 Å². The van der Waals surface area contributed by atoms with Gasteiger partial charge in [-0.1, -0.05) is 30.5 Å². The number of halogens is 1. The second-order valence-corrected chi connectivity index (χ2v) is 8.72. The fourth-order valence-corrected chi connectivity index (χ4v) is 4.16. The van der Waals surface area contributed by atoms with Gasteiger partial charge >= 0.3 is 0 Å². The predicted molar refractivity (Wildman–Crippen MR) is 130 cm³/mol. The summed E-state index contributed by atoms with van der Waals surface area (Å²) >= 11 is 3.43. The Morgan fingerprint density at radius 2 is 1.91 bits per heavy atom. The van der Waals surface area contributed by atoms with E-state index in [2.05, 4.69) is 26.6 Å². The van der Waals surface area contributed by atoms with Crippen LogP contribution in [0.1, 0.15) is 36.8 Å². The number of benzene rings is 2. The summed E-state index contributed by atoms with van der Waals surface area (Å²) in [5.74, 6) is 0.0228. The van der Waals surface area contributed by atoms with E-state index >= 15 is 0 Å². The molecule has 2 N–H and O–H groups in total. The molecule has 0 bridgehead atoms. The first-order valence-corrected chi connectivity index (χ1v) is 11.5. The van der Waals surface area contributed by atoms with Crippen molar-refractivity contribution >= 4 is 39.5 Å². The Hall–Kier alpha value is -3.31. The van der Waals surface area contributed by atoms with Crippen LogP contribution in [0.2, 0.25) is 0 Å². The molecule has 0 radical (unpaired) electrons. The molecule has 0 spiro atoms. The van der Waals surface area contributed by atoms with Crippen molar-refractivity contribution in [2.24, 2.45) is 0 Å². The molecule has 1 fully saturated rings. The van der Waals surface area contributed by atoms with E-state index in [4.69, 9.17) is 9.47 Å². The Morgan fingerprint density at radius 3 is 2.55 bits per heavy atom. The molecule has 0 saturated heterocycles. The molecule has 0 aliphatic heterocycles. The second kappa shape index (κ2) is 11.5. The molecule has 0 atom stereocenters. The molecule has 0 aromatic heterocycles. The van der Waals surface area contributed by atoms with Crippen molar-refractivity contribution < 1.29 is 19.1 Å². The van der Waals surface area contributed by atoms with Crippen molar-refractivity contribution in [3.8, 4) is 17.6 Å². The zero-order valence-corrected chi connectivity index (χ0v) is 20.2. The van der Waals surface area contributed by atoms with Crippen LogP contribution in [0, 0.1) is 18.3 Å². The topological polar surface area (TPSA) is 100 Å². The number of nitrogens with one attached hydrogen (secondary N) is 2. The van der Waals surface area contributed by atoms with Crippen molar-refractivity contribution in [1.82, 2.24) is 5.32 Å². The summed E-state index contributed by atoms with van der Waals surface area (Å²) in [5, 5.41) is 15.2. The Morgan fingerprint density at radius 1 is 1.21 bits per heavy atom. The average Bonchev–Trinajstić information content (AvgIpc) is 3.30. The fourth-order valence-electron chi connectivity index (χ4n) is 3.58. The van der Waals surface area contributed by atoms with E-state index in [1.807, 2.05) is 37.3 Å². The van der Waals surface area contributed by atoms with E-state index in [1.165, 1.54) is 13.2 Å². The maximum atomic E-state index is 12.5. The largest absolute Gasteiger partial charge is 0.493 e. The third-order valence-corrected chi connectivity index (χ3v) is 5.89. The van der Waals surface area contributed by atoms with Crippen LogP contribution < -0.4 is 20.1 Å². The van der Waals surface area contributed by atoms with Crippen molar-refractivity contribution in [3.05, 3.63) is 57.6 Å². The standard InChI is InChI=1S/C25H26BrN3O4/c1-16-7-9-20(10-8-16)28-23(30)15-33-24-21(26)12-17(13-22(24)32-2)11-18(14-27)25(31)29-19-5-3-4-6-19/h7-13,19H,3-6,15H2,1-2H3,(H,28,30)(H,29,31)/b18-11-. The molecule has 1 saturated carbocycles. The minimum absolute atomic E-state index is 0.0157. The molecule has 172 valence electrons. The maximum Gasteiger partial charge on any atom is 0.262 e. The van der Waals surface area contributed by atoms with E-state index in [0.29, 0.717) is 27.2 Å².